The third-order valence-electron chi connectivity index (χ3n) is 2.68. The van der Waals surface area contributed by atoms with Gasteiger partial charge in [-0.2, -0.15) is 0 Å². The molecule has 1 N–H and O–H groups in total. The Morgan fingerprint density at radius 3 is 2.47 bits per heavy atom. The van der Waals surface area contributed by atoms with E-state index in [2.05, 4.69) is 42.0 Å². The van der Waals surface area contributed by atoms with Gasteiger partial charge in [0.2, 0.25) is 0 Å². The lowest BCUT2D eigenvalue weighted by Gasteiger charge is -2.25. The molecule has 0 aromatic heterocycles. The van der Waals surface area contributed by atoms with Crippen LogP contribution in [0.4, 0.5) is 14.5 Å². The molecule has 0 spiro atoms. The van der Waals surface area contributed by atoms with Gasteiger partial charge in [0.1, 0.15) is 0 Å². The molecule has 0 bridgehead atoms. The number of nitrogens with one attached hydrogen (secondary N) is 1. The van der Waals surface area contributed by atoms with Crippen LogP contribution >= 0.6 is 15.9 Å². The molecule has 0 fully saturated rings. The molecule has 0 heterocycles. The van der Waals surface area contributed by atoms with Crippen molar-refractivity contribution in [3.8, 4) is 0 Å². The van der Waals surface area contributed by atoms with E-state index in [9.17, 15) is 8.78 Å². The normalized spacial score (nSPS) is 12.0. The van der Waals surface area contributed by atoms with Gasteiger partial charge in [0.15, 0.2) is 0 Å². The quantitative estimate of drug-likeness (QED) is 0.874. The monoisotopic (exact) mass is 334 g/mol. The molecular formula is C14H21BrF2N2. The molecule has 1 aromatic rings. The molecule has 0 aliphatic heterocycles. The van der Waals surface area contributed by atoms with Crippen LogP contribution in [0.5, 0.6) is 0 Å². The fraction of sp³-hybridized carbons (Fsp3) is 0.571. The Morgan fingerprint density at radius 1 is 1.32 bits per heavy atom. The van der Waals surface area contributed by atoms with Crippen molar-refractivity contribution in [2.75, 3.05) is 18.5 Å². The van der Waals surface area contributed by atoms with E-state index in [0.717, 1.165) is 15.7 Å². The number of anilines is 1. The van der Waals surface area contributed by atoms with Gasteiger partial charge in [-0.15, -0.1) is 0 Å². The molecule has 108 valence electrons. The van der Waals surface area contributed by atoms with E-state index in [1.807, 2.05) is 18.2 Å². The number of hydrogen-bond acceptors (Lipinski definition) is 2. The molecule has 0 aliphatic rings. The fourth-order valence-electron chi connectivity index (χ4n) is 1.71. The molecule has 0 unspecified atom stereocenters. The highest BCUT2D eigenvalue weighted by Crippen LogP contribution is 2.25. The first kappa shape index (κ1) is 16.4. The highest BCUT2D eigenvalue weighted by molar-refractivity contribution is 9.10. The summed E-state index contributed by atoms with van der Waals surface area (Å²) in [7, 11) is 1.69. The van der Waals surface area contributed by atoms with Crippen molar-refractivity contribution in [3.63, 3.8) is 0 Å². The molecule has 1 aromatic carbocycles. The Kier molecular flexibility index (Phi) is 5.74. The summed E-state index contributed by atoms with van der Waals surface area (Å²) in [6.07, 6.45) is -2.34. The molecule has 0 aliphatic carbocycles. The maximum absolute atomic E-state index is 12.5. The minimum absolute atomic E-state index is 0.00830. The number of halogens is 3. The van der Waals surface area contributed by atoms with E-state index in [1.54, 1.807) is 11.9 Å². The van der Waals surface area contributed by atoms with Gasteiger partial charge in [0.25, 0.3) is 6.43 Å². The van der Waals surface area contributed by atoms with Crippen LogP contribution in [0.2, 0.25) is 0 Å². The first-order chi connectivity index (χ1) is 8.69. The molecule has 0 amide bonds. The first-order valence-electron chi connectivity index (χ1n) is 6.22. The van der Waals surface area contributed by atoms with Crippen LogP contribution in [0.1, 0.15) is 26.3 Å². The minimum Gasteiger partial charge on any atom is -0.369 e. The second-order valence-corrected chi connectivity index (χ2v) is 6.56. The van der Waals surface area contributed by atoms with E-state index in [4.69, 9.17) is 0 Å². The topological polar surface area (TPSA) is 15.3 Å². The SMILES string of the molecule is CN(CC(F)F)c1cc(Br)ccc1CNC(C)(C)C. The number of rotatable bonds is 5. The maximum Gasteiger partial charge on any atom is 0.255 e. The average Bonchev–Trinajstić information content (AvgIpc) is 2.25. The molecule has 0 atom stereocenters. The third-order valence-corrected chi connectivity index (χ3v) is 3.17. The fourth-order valence-corrected chi connectivity index (χ4v) is 2.06. The summed E-state index contributed by atoms with van der Waals surface area (Å²) < 4.78 is 25.9. The predicted molar refractivity (Wildman–Crippen MR) is 80.0 cm³/mol. The Bertz CT molecular complexity index is 416. The van der Waals surface area contributed by atoms with E-state index < -0.39 is 6.43 Å². The molecule has 2 nitrogen and oxygen atoms in total. The molecule has 0 saturated carbocycles. The van der Waals surface area contributed by atoms with Crippen LogP contribution < -0.4 is 10.2 Å². The van der Waals surface area contributed by atoms with Crippen LogP contribution in [-0.2, 0) is 6.54 Å². The Morgan fingerprint density at radius 2 is 1.95 bits per heavy atom. The molecular weight excluding hydrogens is 314 g/mol. The summed E-state index contributed by atoms with van der Waals surface area (Å²) in [5, 5.41) is 3.38. The largest absolute Gasteiger partial charge is 0.369 e. The lowest BCUT2D eigenvalue weighted by molar-refractivity contribution is 0.156. The van der Waals surface area contributed by atoms with Crippen LogP contribution in [-0.4, -0.2) is 25.6 Å². The standard InChI is InChI=1S/C14H21BrF2N2/c1-14(2,3)18-8-10-5-6-11(15)7-12(10)19(4)9-13(16)17/h5-7,13,18H,8-9H2,1-4H3. The van der Waals surface area contributed by atoms with Crippen LogP contribution in [0.15, 0.2) is 22.7 Å². The van der Waals surface area contributed by atoms with Crippen molar-refractivity contribution in [1.29, 1.82) is 0 Å². The van der Waals surface area contributed by atoms with Crippen LogP contribution in [0.25, 0.3) is 0 Å². The number of benzene rings is 1. The molecule has 0 saturated heterocycles. The molecule has 19 heavy (non-hydrogen) atoms. The van der Waals surface area contributed by atoms with Gasteiger partial charge in [0, 0.05) is 29.3 Å². The van der Waals surface area contributed by atoms with Crippen molar-refractivity contribution in [1.82, 2.24) is 5.32 Å². The Labute approximate surface area is 122 Å². The second-order valence-electron chi connectivity index (χ2n) is 5.65. The Hall–Kier alpha value is -0.680. The second kappa shape index (κ2) is 6.66. The Balaban J connectivity index is 2.91. The van der Waals surface area contributed by atoms with E-state index in [1.165, 1.54) is 0 Å². The van der Waals surface area contributed by atoms with Crippen molar-refractivity contribution < 1.29 is 8.78 Å². The summed E-state index contributed by atoms with van der Waals surface area (Å²) >= 11 is 3.39. The molecule has 5 heteroatoms. The first-order valence-corrected chi connectivity index (χ1v) is 7.01. The van der Waals surface area contributed by atoms with Gasteiger partial charge in [-0.25, -0.2) is 8.78 Å². The average molecular weight is 335 g/mol. The number of nitrogens with zero attached hydrogens (tertiary/aromatic N) is 1. The van der Waals surface area contributed by atoms with Crippen molar-refractivity contribution in [2.45, 2.75) is 39.3 Å². The highest BCUT2D eigenvalue weighted by Gasteiger charge is 2.15. The molecule has 0 radical (unpaired) electrons. The summed E-state index contributed by atoms with van der Waals surface area (Å²) in [4.78, 5) is 1.59. The smallest absolute Gasteiger partial charge is 0.255 e. The van der Waals surface area contributed by atoms with E-state index in [0.29, 0.717) is 6.54 Å². The third kappa shape index (κ3) is 5.87. The summed E-state index contributed by atoms with van der Waals surface area (Å²) in [5.74, 6) is 0. The molecule has 1 rings (SSSR count). The van der Waals surface area contributed by atoms with Crippen molar-refractivity contribution in [2.24, 2.45) is 0 Å². The predicted octanol–water partition coefficient (Wildman–Crippen LogP) is 4.04. The van der Waals surface area contributed by atoms with Gasteiger partial charge < -0.3 is 10.2 Å². The van der Waals surface area contributed by atoms with Crippen molar-refractivity contribution in [3.05, 3.63) is 28.2 Å². The summed E-state index contributed by atoms with van der Waals surface area (Å²) in [5.41, 5.74) is 1.83. The summed E-state index contributed by atoms with van der Waals surface area (Å²) in [6, 6.07) is 5.77. The number of alkyl halides is 2. The number of hydrogen-bond donors (Lipinski definition) is 1. The van der Waals surface area contributed by atoms with Gasteiger partial charge in [-0.1, -0.05) is 22.0 Å². The van der Waals surface area contributed by atoms with Crippen molar-refractivity contribution >= 4 is 21.6 Å². The van der Waals surface area contributed by atoms with E-state index in [-0.39, 0.29) is 12.1 Å². The maximum atomic E-state index is 12.5. The minimum atomic E-state index is -2.34. The lowest BCUT2D eigenvalue weighted by atomic mass is 10.1. The summed E-state index contributed by atoms with van der Waals surface area (Å²) in [6.45, 7) is 6.62. The zero-order chi connectivity index (χ0) is 14.6. The zero-order valence-electron chi connectivity index (χ0n) is 11.8. The van der Waals surface area contributed by atoms with E-state index >= 15 is 0 Å². The van der Waals surface area contributed by atoms with Gasteiger partial charge >= 0.3 is 0 Å². The van der Waals surface area contributed by atoms with Gasteiger partial charge in [-0.05, 0) is 38.5 Å². The van der Waals surface area contributed by atoms with Gasteiger partial charge in [-0.3, -0.25) is 0 Å². The van der Waals surface area contributed by atoms with Crippen LogP contribution in [0, 0.1) is 0 Å². The highest BCUT2D eigenvalue weighted by atomic mass is 79.9. The van der Waals surface area contributed by atoms with Crippen LogP contribution in [0.3, 0.4) is 0 Å². The zero-order valence-corrected chi connectivity index (χ0v) is 13.4. The van der Waals surface area contributed by atoms with Gasteiger partial charge in [0.05, 0.1) is 6.54 Å². The lowest BCUT2D eigenvalue weighted by Crippen LogP contribution is -2.35.